The van der Waals surface area contributed by atoms with Gasteiger partial charge in [0.1, 0.15) is 5.82 Å². The number of hydrogen-bond donors (Lipinski definition) is 2. The lowest BCUT2D eigenvalue weighted by Crippen LogP contribution is -2.20. The van der Waals surface area contributed by atoms with Gasteiger partial charge in [-0.05, 0) is 43.9 Å². The summed E-state index contributed by atoms with van der Waals surface area (Å²) in [6.45, 7) is 4.27. The second-order valence-corrected chi connectivity index (χ2v) is 6.99. The molecule has 1 aliphatic rings. The summed E-state index contributed by atoms with van der Waals surface area (Å²) >= 11 is 12.1. The maximum Gasteiger partial charge on any atom is 0.224 e. The van der Waals surface area contributed by atoms with E-state index in [2.05, 4.69) is 20.6 Å². The van der Waals surface area contributed by atoms with Crippen LogP contribution in [0.5, 0.6) is 0 Å². The Kier molecular flexibility index (Phi) is 6.34. The van der Waals surface area contributed by atoms with E-state index in [0.717, 1.165) is 56.0 Å². The minimum absolute atomic E-state index is 0.257. The van der Waals surface area contributed by atoms with E-state index in [1.165, 1.54) is 0 Å². The van der Waals surface area contributed by atoms with Gasteiger partial charge in [-0.25, -0.2) is 4.98 Å². The number of rotatable bonds is 7. The number of aryl methyl sites for hydroxylation is 1. The third kappa shape index (κ3) is 5.46. The molecule has 0 saturated carbocycles. The lowest BCUT2D eigenvalue weighted by molar-refractivity contribution is 0.120. The molecular weight excluding hydrogens is 359 g/mol. The fraction of sp³-hybridized carbons (Fsp3) is 0.444. The molecule has 3 rings (SSSR count). The molecule has 1 aliphatic heterocycles. The first-order valence-electron chi connectivity index (χ1n) is 8.49. The fourth-order valence-electron chi connectivity index (χ4n) is 2.80. The molecule has 1 fully saturated rings. The molecule has 1 saturated heterocycles. The van der Waals surface area contributed by atoms with Crippen molar-refractivity contribution < 1.29 is 4.74 Å². The molecule has 0 aliphatic carbocycles. The molecule has 1 atom stereocenters. The third-order valence-corrected chi connectivity index (χ3v) is 4.67. The highest BCUT2D eigenvalue weighted by atomic mass is 35.5. The van der Waals surface area contributed by atoms with Gasteiger partial charge in [0.25, 0.3) is 0 Å². The first kappa shape index (κ1) is 18.2. The number of ether oxygens (including phenoxy) is 1. The molecule has 2 N–H and O–H groups in total. The summed E-state index contributed by atoms with van der Waals surface area (Å²) in [5, 5.41) is 7.93. The fourth-order valence-corrected chi connectivity index (χ4v) is 3.30. The van der Waals surface area contributed by atoms with Gasteiger partial charge in [0.2, 0.25) is 5.95 Å². The molecule has 5 nitrogen and oxygen atoms in total. The molecule has 0 amide bonds. The number of benzene rings is 1. The Labute approximate surface area is 158 Å². The number of anilines is 2. The quantitative estimate of drug-likeness (QED) is 0.747. The van der Waals surface area contributed by atoms with Crippen molar-refractivity contribution in [3.63, 3.8) is 0 Å². The molecule has 0 radical (unpaired) electrons. The van der Waals surface area contributed by atoms with Crippen molar-refractivity contribution in [2.75, 3.05) is 30.3 Å². The van der Waals surface area contributed by atoms with Gasteiger partial charge in [-0.15, -0.1) is 0 Å². The van der Waals surface area contributed by atoms with E-state index in [1.807, 2.05) is 25.1 Å². The van der Waals surface area contributed by atoms with Crippen LogP contribution in [0.4, 0.5) is 11.8 Å². The highest BCUT2D eigenvalue weighted by Crippen LogP contribution is 2.21. The average Bonchev–Trinajstić information content (AvgIpc) is 3.08. The molecule has 0 bridgehead atoms. The van der Waals surface area contributed by atoms with Crippen LogP contribution in [-0.2, 0) is 11.2 Å². The van der Waals surface area contributed by atoms with Crippen LogP contribution in [0.2, 0.25) is 10.0 Å². The molecule has 134 valence electrons. The normalized spacial score (nSPS) is 16.8. The maximum atomic E-state index is 6.21. The summed E-state index contributed by atoms with van der Waals surface area (Å²) < 4.78 is 5.61. The van der Waals surface area contributed by atoms with Crippen LogP contribution < -0.4 is 10.6 Å². The van der Waals surface area contributed by atoms with Crippen LogP contribution in [0, 0.1) is 6.92 Å². The van der Waals surface area contributed by atoms with Gasteiger partial charge >= 0.3 is 0 Å². The molecule has 0 spiro atoms. The highest BCUT2D eigenvalue weighted by Gasteiger charge is 2.15. The minimum atomic E-state index is 0.257. The smallest absolute Gasteiger partial charge is 0.224 e. The van der Waals surface area contributed by atoms with Crippen molar-refractivity contribution >= 4 is 35.0 Å². The number of nitrogens with one attached hydrogen (secondary N) is 2. The van der Waals surface area contributed by atoms with Gasteiger partial charge < -0.3 is 15.4 Å². The minimum Gasteiger partial charge on any atom is -0.376 e. The average molecular weight is 381 g/mol. The van der Waals surface area contributed by atoms with E-state index in [0.29, 0.717) is 16.0 Å². The molecular formula is C18H22Cl2N4O. The zero-order valence-electron chi connectivity index (χ0n) is 14.2. The Bertz CT molecular complexity index is 720. The first-order chi connectivity index (χ1) is 12.1. The van der Waals surface area contributed by atoms with Crippen LogP contribution in [0.3, 0.4) is 0 Å². The van der Waals surface area contributed by atoms with Gasteiger partial charge in [-0.2, -0.15) is 4.98 Å². The third-order valence-electron chi connectivity index (χ3n) is 4.08. The second-order valence-electron chi connectivity index (χ2n) is 6.15. The van der Waals surface area contributed by atoms with Crippen LogP contribution in [0.15, 0.2) is 24.3 Å². The Morgan fingerprint density at radius 3 is 2.84 bits per heavy atom. The van der Waals surface area contributed by atoms with E-state index in [1.54, 1.807) is 6.07 Å². The number of halogens is 2. The molecule has 1 aromatic carbocycles. The standard InChI is InChI=1S/C18H22Cl2N4O/c1-12-9-17(21-7-6-13-4-5-14(19)10-16(13)20)24-18(23-12)22-11-15-3-2-8-25-15/h4-5,9-10,15H,2-3,6-8,11H2,1H3,(H2,21,22,23,24). The summed E-state index contributed by atoms with van der Waals surface area (Å²) in [5.74, 6) is 1.43. The molecule has 2 heterocycles. The van der Waals surface area contributed by atoms with Crippen molar-refractivity contribution in [3.05, 3.63) is 45.6 Å². The Morgan fingerprint density at radius 2 is 2.08 bits per heavy atom. The van der Waals surface area contributed by atoms with E-state index in [-0.39, 0.29) is 6.10 Å². The van der Waals surface area contributed by atoms with Crippen LogP contribution in [-0.4, -0.2) is 35.8 Å². The van der Waals surface area contributed by atoms with Crippen molar-refractivity contribution in [2.45, 2.75) is 32.3 Å². The summed E-state index contributed by atoms with van der Waals surface area (Å²) in [6.07, 6.45) is 3.26. The molecule has 25 heavy (non-hydrogen) atoms. The molecule has 7 heteroatoms. The van der Waals surface area contributed by atoms with Gasteiger partial charge in [0.05, 0.1) is 6.10 Å². The maximum absolute atomic E-state index is 6.21. The van der Waals surface area contributed by atoms with Crippen molar-refractivity contribution in [1.29, 1.82) is 0 Å². The SMILES string of the molecule is Cc1cc(NCCc2ccc(Cl)cc2Cl)nc(NCC2CCCO2)n1. The van der Waals surface area contributed by atoms with Crippen molar-refractivity contribution in [1.82, 2.24) is 9.97 Å². The zero-order valence-corrected chi connectivity index (χ0v) is 15.7. The van der Waals surface area contributed by atoms with Crippen LogP contribution in [0.25, 0.3) is 0 Å². The summed E-state index contributed by atoms with van der Waals surface area (Å²) in [6, 6.07) is 7.50. The van der Waals surface area contributed by atoms with E-state index < -0.39 is 0 Å². The Hall–Kier alpha value is -1.56. The molecule has 1 aromatic heterocycles. The van der Waals surface area contributed by atoms with Crippen molar-refractivity contribution in [2.24, 2.45) is 0 Å². The Morgan fingerprint density at radius 1 is 1.20 bits per heavy atom. The summed E-state index contributed by atoms with van der Waals surface area (Å²) in [4.78, 5) is 8.95. The van der Waals surface area contributed by atoms with Crippen LogP contribution in [0.1, 0.15) is 24.1 Å². The van der Waals surface area contributed by atoms with Gasteiger partial charge in [-0.1, -0.05) is 29.3 Å². The first-order valence-corrected chi connectivity index (χ1v) is 9.25. The van der Waals surface area contributed by atoms with E-state index >= 15 is 0 Å². The molecule has 2 aromatic rings. The van der Waals surface area contributed by atoms with Crippen LogP contribution >= 0.6 is 23.2 Å². The topological polar surface area (TPSA) is 59.1 Å². The predicted molar refractivity (Wildman–Crippen MR) is 103 cm³/mol. The van der Waals surface area contributed by atoms with E-state index in [4.69, 9.17) is 27.9 Å². The zero-order chi connectivity index (χ0) is 17.6. The van der Waals surface area contributed by atoms with E-state index in [9.17, 15) is 0 Å². The van der Waals surface area contributed by atoms with Gasteiger partial charge in [0, 0.05) is 41.5 Å². The second kappa shape index (κ2) is 8.70. The van der Waals surface area contributed by atoms with Gasteiger partial charge in [0.15, 0.2) is 0 Å². The van der Waals surface area contributed by atoms with Crippen molar-refractivity contribution in [3.8, 4) is 0 Å². The largest absolute Gasteiger partial charge is 0.376 e. The highest BCUT2D eigenvalue weighted by molar-refractivity contribution is 6.35. The lowest BCUT2D eigenvalue weighted by atomic mass is 10.1. The number of aromatic nitrogens is 2. The predicted octanol–water partition coefficient (Wildman–Crippen LogP) is 4.34. The summed E-state index contributed by atoms with van der Waals surface area (Å²) in [7, 11) is 0. The summed E-state index contributed by atoms with van der Waals surface area (Å²) in [5.41, 5.74) is 1.97. The monoisotopic (exact) mass is 380 g/mol. The Balaban J connectivity index is 1.54. The number of hydrogen-bond acceptors (Lipinski definition) is 5. The molecule has 1 unspecified atom stereocenters. The lowest BCUT2D eigenvalue weighted by Gasteiger charge is -2.13. The number of nitrogens with zero attached hydrogens (tertiary/aromatic N) is 2. The van der Waals surface area contributed by atoms with Gasteiger partial charge in [-0.3, -0.25) is 0 Å².